The maximum Gasteiger partial charge on any atom is 0.253 e. The van der Waals surface area contributed by atoms with Gasteiger partial charge in [0.1, 0.15) is 0 Å². The summed E-state index contributed by atoms with van der Waals surface area (Å²) in [7, 11) is 1.75. The first kappa shape index (κ1) is 13.2. The Morgan fingerprint density at radius 1 is 1.14 bits per heavy atom. The van der Waals surface area contributed by atoms with Gasteiger partial charge in [0.15, 0.2) is 0 Å². The molecule has 0 saturated carbocycles. The predicted molar refractivity (Wildman–Crippen MR) is 79.6 cm³/mol. The lowest BCUT2D eigenvalue weighted by Crippen LogP contribution is -2.26. The zero-order chi connectivity index (χ0) is 14.7. The van der Waals surface area contributed by atoms with Crippen molar-refractivity contribution in [2.45, 2.75) is 6.54 Å². The summed E-state index contributed by atoms with van der Waals surface area (Å²) in [6, 6.07) is 9.32. The highest BCUT2D eigenvalue weighted by molar-refractivity contribution is 5.97. The van der Waals surface area contributed by atoms with Gasteiger partial charge in [-0.3, -0.25) is 19.7 Å². The van der Waals surface area contributed by atoms with E-state index in [1.807, 2.05) is 24.3 Å². The van der Waals surface area contributed by atoms with E-state index in [9.17, 15) is 4.79 Å². The van der Waals surface area contributed by atoms with E-state index in [4.69, 9.17) is 0 Å². The number of fused-ring (bicyclic) bond motifs is 1. The molecule has 3 aromatic rings. The van der Waals surface area contributed by atoms with Gasteiger partial charge in [0, 0.05) is 36.6 Å². The molecule has 0 bridgehead atoms. The maximum absolute atomic E-state index is 12.5. The van der Waals surface area contributed by atoms with Gasteiger partial charge < -0.3 is 4.90 Å². The van der Waals surface area contributed by atoms with Crippen LogP contribution in [0.3, 0.4) is 0 Å². The van der Waals surface area contributed by atoms with Gasteiger partial charge in [0.05, 0.1) is 24.0 Å². The molecular formula is C16H14N4O. The number of hydrogen-bond acceptors (Lipinski definition) is 4. The van der Waals surface area contributed by atoms with Gasteiger partial charge in [-0.15, -0.1) is 0 Å². The molecule has 1 amide bonds. The third kappa shape index (κ3) is 2.86. The molecule has 0 atom stereocenters. The Hall–Kier alpha value is -2.82. The van der Waals surface area contributed by atoms with E-state index in [1.165, 1.54) is 0 Å². The lowest BCUT2D eigenvalue weighted by molar-refractivity contribution is 0.0783. The first-order valence-electron chi connectivity index (χ1n) is 6.59. The number of benzene rings is 1. The topological polar surface area (TPSA) is 59.0 Å². The number of nitrogens with zero attached hydrogens (tertiary/aromatic N) is 4. The summed E-state index contributed by atoms with van der Waals surface area (Å²) < 4.78 is 0. The Morgan fingerprint density at radius 2 is 2.05 bits per heavy atom. The normalized spacial score (nSPS) is 10.5. The van der Waals surface area contributed by atoms with Gasteiger partial charge in [-0.2, -0.15) is 0 Å². The predicted octanol–water partition coefficient (Wildman–Crippen LogP) is 2.30. The number of aromatic nitrogens is 3. The average Bonchev–Trinajstić information content (AvgIpc) is 2.54. The SMILES string of the molecule is CN(Cc1cnccn1)C(=O)c1ccc2ncccc2c1. The molecule has 0 fully saturated rings. The number of amides is 1. The third-order valence-electron chi connectivity index (χ3n) is 3.21. The van der Waals surface area contributed by atoms with E-state index in [0.717, 1.165) is 16.6 Å². The van der Waals surface area contributed by atoms with Gasteiger partial charge in [-0.25, -0.2) is 0 Å². The molecule has 104 valence electrons. The molecule has 0 spiro atoms. The van der Waals surface area contributed by atoms with Crippen LogP contribution in [0.2, 0.25) is 0 Å². The summed E-state index contributed by atoms with van der Waals surface area (Å²) in [6.45, 7) is 0.428. The smallest absolute Gasteiger partial charge is 0.253 e. The second-order valence-electron chi connectivity index (χ2n) is 4.77. The van der Waals surface area contributed by atoms with Gasteiger partial charge in [-0.1, -0.05) is 6.07 Å². The molecule has 0 aliphatic rings. The van der Waals surface area contributed by atoms with Gasteiger partial charge in [0.2, 0.25) is 0 Å². The molecule has 0 unspecified atom stereocenters. The highest BCUT2D eigenvalue weighted by atomic mass is 16.2. The Morgan fingerprint density at radius 3 is 2.86 bits per heavy atom. The van der Waals surface area contributed by atoms with Gasteiger partial charge in [0.25, 0.3) is 5.91 Å². The van der Waals surface area contributed by atoms with Crippen LogP contribution in [0.1, 0.15) is 16.1 Å². The third-order valence-corrected chi connectivity index (χ3v) is 3.21. The largest absolute Gasteiger partial charge is 0.336 e. The number of pyridine rings is 1. The molecule has 21 heavy (non-hydrogen) atoms. The molecule has 5 heteroatoms. The number of carbonyl (C=O) groups is 1. The summed E-state index contributed by atoms with van der Waals surface area (Å²) >= 11 is 0. The quantitative estimate of drug-likeness (QED) is 0.737. The van der Waals surface area contributed by atoms with Crippen LogP contribution in [0.4, 0.5) is 0 Å². The molecule has 0 N–H and O–H groups in total. The van der Waals surface area contributed by atoms with Crippen molar-refractivity contribution in [3.8, 4) is 0 Å². The molecule has 0 aliphatic carbocycles. The zero-order valence-corrected chi connectivity index (χ0v) is 11.6. The molecule has 0 saturated heterocycles. The molecule has 2 heterocycles. The summed E-state index contributed by atoms with van der Waals surface area (Å²) in [5.41, 5.74) is 2.28. The summed E-state index contributed by atoms with van der Waals surface area (Å²) in [4.78, 5) is 26.5. The van der Waals surface area contributed by atoms with E-state index in [2.05, 4.69) is 15.0 Å². The fraction of sp³-hybridized carbons (Fsp3) is 0.125. The number of rotatable bonds is 3. The van der Waals surface area contributed by atoms with Crippen LogP contribution >= 0.6 is 0 Å². The zero-order valence-electron chi connectivity index (χ0n) is 11.6. The van der Waals surface area contributed by atoms with E-state index in [-0.39, 0.29) is 5.91 Å². The Labute approximate surface area is 122 Å². The first-order valence-corrected chi connectivity index (χ1v) is 6.59. The highest BCUT2D eigenvalue weighted by Gasteiger charge is 2.13. The van der Waals surface area contributed by atoms with E-state index in [0.29, 0.717) is 12.1 Å². The summed E-state index contributed by atoms with van der Waals surface area (Å²) in [5.74, 6) is -0.0496. The minimum atomic E-state index is -0.0496. The van der Waals surface area contributed by atoms with E-state index >= 15 is 0 Å². The van der Waals surface area contributed by atoms with Gasteiger partial charge >= 0.3 is 0 Å². The van der Waals surface area contributed by atoms with Gasteiger partial charge in [-0.05, 0) is 24.3 Å². The molecule has 5 nitrogen and oxygen atoms in total. The molecule has 2 aromatic heterocycles. The van der Waals surface area contributed by atoms with Crippen LogP contribution in [-0.2, 0) is 6.54 Å². The minimum absolute atomic E-state index is 0.0496. The number of carbonyl (C=O) groups excluding carboxylic acids is 1. The van der Waals surface area contributed by atoms with E-state index < -0.39 is 0 Å². The van der Waals surface area contributed by atoms with Crippen molar-refractivity contribution in [2.24, 2.45) is 0 Å². The van der Waals surface area contributed by atoms with Crippen molar-refractivity contribution < 1.29 is 4.79 Å². The van der Waals surface area contributed by atoms with Crippen LogP contribution in [0.5, 0.6) is 0 Å². The van der Waals surface area contributed by atoms with Crippen molar-refractivity contribution in [1.82, 2.24) is 19.9 Å². The standard InChI is InChI=1S/C16H14N4O/c1-20(11-14-10-17-7-8-18-14)16(21)13-4-5-15-12(9-13)3-2-6-19-15/h2-10H,11H2,1H3. The van der Waals surface area contributed by atoms with Crippen LogP contribution < -0.4 is 0 Å². The van der Waals surface area contributed by atoms with Crippen molar-refractivity contribution in [3.63, 3.8) is 0 Å². The lowest BCUT2D eigenvalue weighted by Gasteiger charge is -2.16. The second-order valence-corrected chi connectivity index (χ2v) is 4.77. The highest BCUT2D eigenvalue weighted by Crippen LogP contribution is 2.15. The van der Waals surface area contributed by atoms with Crippen molar-refractivity contribution >= 4 is 16.8 Å². The Bertz CT molecular complexity index is 773. The molecule has 0 radical (unpaired) electrons. The van der Waals surface area contributed by atoms with Crippen LogP contribution in [-0.4, -0.2) is 32.8 Å². The Kier molecular flexibility index (Phi) is 3.55. The van der Waals surface area contributed by atoms with Crippen LogP contribution in [0, 0.1) is 0 Å². The fourth-order valence-electron chi connectivity index (χ4n) is 2.16. The monoisotopic (exact) mass is 278 g/mol. The fourth-order valence-corrected chi connectivity index (χ4v) is 2.16. The van der Waals surface area contributed by atoms with Crippen molar-refractivity contribution in [1.29, 1.82) is 0 Å². The molecule has 1 aromatic carbocycles. The number of hydrogen-bond donors (Lipinski definition) is 0. The average molecular weight is 278 g/mol. The maximum atomic E-state index is 12.5. The summed E-state index contributed by atoms with van der Waals surface area (Å²) in [6.07, 6.45) is 6.63. The molecular weight excluding hydrogens is 264 g/mol. The Balaban J connectivity index is 1.82. The molecule has 3 rings (SSSR count). The first-order chi connectivity index (χ1) is 10.2. The molecule has 0 aliphatic heterocycles. The van der Waals surface area contributed by atoms with Crippen molar-refractivity contribution in [2.75, 3.05) is 7.05 Å². The lowest BCUT2D eigenvalue weighted by atomic mass is 10.1. The minimum Gasteiger partial charge on any atom is -0.336 e. The van der Waals surface area contributed by atoms with Crippen LogP contribution in [0.25, 0.3) is 10.9 Å². The van der Waals surface area contributed by atoms with E-state index in [1.54, 1.807) is 42.8 Å². The van der Waals surface area contributed by atoms with Crippen LogP contribution in [0.15, 0.2) is 55.1 Å². The van der Waals surface area contributed by atoms with Crippen molar-refractivity contribution in [3.05, 3.63) is 66.4 Å². The second kappa shape index (κ2) is 5.66. The summed E-state index contributed by atoms with van der Waals surface area (Å²) in [5, 5.41) is 0.955.